The molecule has 0 aliphatic carbocycles. The van der Waals surface area contributed by atoms with E-state index in [9.17, 15) is 13.6 Å². The minimum Gasteiger partial charge on any atom is -0.378 e. The molecule has 1 fully saturated rings. The zero-order valence-electron chi connectivity index (χ0n) is 19.1. The number of benzene rings is 2. The highest BCUT2D eigenvalue weighted by Crippen LogP contribution is 2.30. The van der Waals surface area contributed by atoms with Crippen molar-refractivity contribution in [2.45, 2.75) is 6.54 Å². The Balaban J connectivity index is 1.59. The van der Waals surface area contributed by atoms with Gasteiger partial charge in [-0.3, -0.25) is 9.80 Å². The first-order valence-corrected chi connectivity index (χ1v) is 11.2. The SMILES string of the molecule is Cn1c(=O)c(-c2ccc(F)cc2)c(-c2ccnc(NCc3cccc(F)c3)n2)n1N1CCOCC1. The number of nitrogens with one attached hydrogen (secondary N) is 1. The smallest absolute Gasteiger partial charge is 0.276 e. The molecule has 2 aromatic heterocycles. The van der Waals surface area contributed by atoms with Crippen molar-refractivity contribution in [2.75, 3.05) is 36.6 Å². The lowest BCUT2D eigenvalue weighted by molar-refractivity contribution is 0.107. The molecule has 1 aliphatic rings. The Kier molecular flexibility index (Phi) is 6.28. The quantitative estimate of drug-likeness (QED) is 0.459. The molecule has 1 N–H and O–H groups in total. The van der Waals surface area contributed by atoms with Crippen molar-refractivity contribution in [1.82, 2.24) is 19.4 Å². The Hall–Kier alpha value is -4.05. The molecule has 0 unspecified atom stereocenters. The number of aromatic nitrogens is 4. The second kappa shape index (κ2) is 9.67. The first kappa shape index (κ1) is 22.7. The van der Waals surface area contributed by atoms with Crippen LogP contribution >= 0.6 is 0 Å². The second-order valence-corrected chi connectivity index (χ2v) is 8.16. The van der Waals surface area contributed by atoms with Crippen LogP contribution in [0, 0.1) is 11.6 Å². The molecule has 0 atom stereocenters. The van der Waals surface area contributed by atoms with Crippen molar-refractivity contribution < 1.29 is 13.5 Å². The zero-order chi connectivity index (χ0) is 24.4. The molecule has 3 heterocycles. The minimum absolute atomic E-state index is 0.231. The Labute approximate surface area is 200 Å². The summed E-state index contributed by atoms with van der Waals surface area (Å²) in [6.07, 6.45) is 1.60. The van der Waals surface area contributed by atoms with Gasteiger partial charge in [-0.1, -0.05) is 24.3 Å². The summed E-state index contributed by atoms with van der Waals surface area (Å²) in [5.74, 6) is -0.367. The Bertz CT molecular complexity index is 1390. The molecule has 180 valence electrons. The van der Waals surface area contributed by atoms with Gasteiger partial charge in [-0.2, -0.15) is 4.79 Å². The van der Waals surface area contributed by atoms with E-state index in [0.717, 1.165) is 5.56 Å². The van der Waals surface area contributed by atoms with Gasteiger partial charge in [-0.15, -0.1) is 0 Å². The monoisotopic (exact) mass is 478 g/mol. The third-order valence-electron chi connectivity index (χ3n) is 5.85. The van der Waals surface area contributed by atoms with Gasteiger partial charge in [0, 0.05) is 19.8 Å². The van der Waals surface area contributed by atoms with Crippen LogP contribution in [0.15, 0.2) is 65.6 Å². The second-order valence-electron chi connectivity index (χ2n) is 8.16. The van der Waals surface area contributed by atoms with Crippen molar-refractivity contribution in [3.05, 3.63) is 88.3 Å². The van der Waals surface area contributed by atoms with Crippen LogP contribution in [0.4, 0.5) is 14.7 Å². The average molecular weight is 479 g/mol. The highest BCUT2D eigenvalue weighted by Gasteiger charge is 2.26. The van der Waals surface area contributed by atoms with E-state index in [2.05, 4.69) is 15.3 Å². The number of hydrogen-bond donors (Lipinski definition) is 1. The molecule has 1 aliphatic heterocycles. The molecular formula is C25H24F2N6O2. The van der Waals surface area contributed by atoms with E-state index in [1.807, 2.05) is 9.80 Å². The summed E-state index contributed by atoms with van der Waals surface area (Å²) in [6, 6.07) is 13.8. The van der Waals surface area contributed by atoms with Crippen LogP contribution < -0.4 is 15.9 Å². The highest BCUT2D eigenvalue weighted by molar-refractivity contribution is 5.79. The lowest BCUT2D eigenvalue weighted by Gasteiger charge is -2.32. The third-order valence-corrected chi connectivity index (χ3v) is 5.85. The molecule has 0 saturated carbocycles. The van der Waals surface area contributed by atoms with Gasteiger partial charge >= 0.3 is 0 Å². The zero-order valence-corrected chi connectivity index (χ0v) is 19.1. The Morgan fingerprint density at radius 2 is 1.80 bits per heavy atom. The van der Waals surface area contributed by atoms with E-state index in [4.69, 9.17) is 4.74 Å². The van der Waals surface area contributed by atoms with Gasteiger partial charge in [0.25, 0.3) is 5.56 Å². The number of ether oxygens (including phenoxy) is 1. The number of hydrogen-bond acceptors (Lipinski definition) is 6. The molecule has 0 radical (unpaired) electrons. The minimum atomic E-state index is -0.384. The molecule has 0 amide bonds. The predicted molar refractivity (Wildman–Crippen MR) is 129 cm³/mol. The molecule has 0 spiro atoms. The highest BCUT2D eigenvalue weighted by atomic mass is 19.1. The predicted octanol–water partition coefficient (Wildman–Crippen LogP) is 3.17. The summed E-state index contributed by atoms with van der Waals surface area (Å²) in [6.45, 7) is 2.57. The van der Waals surface area contributed by atoms with Crippen molar-refractivity contribution >= 4 is 5.95 Å². The Morgan fingerprint density at radius 1 is 1.03 bits per heavy atom. The maximum absolute atomic E-state index is 13.6. The summed E-state index contributed by atoms with van der Waals surface area (Å²) in [4.78, 5) is 24.2. The van der Waals surface area contributed by atoms with E-state index < -0.39 is 0 Å². The van der Waals surface area contributed by atoms with Crippen molar-refractivity contribution in [3.8, 4) is 22.5 Å². The van der Waals surface area contributed by atoms with Gasteiger partial charge in [0.15, 0.2) is 0 Å². The maximum atomic E-state index is 13.6. The van der Waals surface area contributed by atoms with Crippen LogP contribution in [0.5, 0.6) is 0 Å². The van der Waals surface area contributed by atoms with Crippen LogP contribution in [0.25, 0.3) is 22.5 Å². The number of anilines is 1. The van der Waals surface area contributed by atoms with Gasteiger partial charge in [0.2, 0.25) is 5.95 Å². The molecule has 4 aromatic rings. The van der Waals surface area contributed by atoms with Gasteiger partial charge in [-0.25, -0.2) is 23.4 Å². The number of nitrogens with zero attached hydrogens (tertiary/aromatic N) is 5. The normalized spacial score (nSPS) is 13.7. The van der Waals surface area contributed by atoms with Gasteiger partial charge in [0.05, 0.1) is 37.6 Å². The summed E-state index contributed by atoms with van der Waals surface area (Å²) in [5.41, 5.74) is 2.60. The van der Waals surface area contributed by atoms with Crippen molar-refractivity contribution in [2.24, 2.45) is 7.05 Å². The van der Waals surface area contributed by atoms with Crippen LogP contribution in [-0.2, 0) is 18.3 Å². The van der Waals surface area contributed by atoms with E-state index in [1.165, 1.54) is 28.9 Å². The van der Waals surface area contributed by atoms with E-state index in [1.54, 1.807) is 43.6 Å². The Morgan fingerprint density at radius 3 is 2.54 bits per heavy atom. The average Bonchev–Trinajstić information content (AvgIpc) is 3.14. The summed E-state index contributed by atoms with van der Waals surface area (Å²) >= 11 is 0. The molecule has 1 saturated heterocycles. The van der Waals surface area contributed by atoms with Gasteiger partial charge in [-0.05, 0) is 41.5 Å². The maximum Gasteiger partial charge on any atom is 0.276 e. The lowest BCUT2D eigenvalue weighted by atomic mass is 10.0. The molecule has 8 nitrogen and oxygen atoms in total. The van der Waals surface area contributed by atoms with E-state index >= 15 is 0 Å². The third kappa shape index (κ3) is 4.65. The molecular weight excluding hydrogens is 454 g/mol. The van der Waals surface area contributed by atoms with Crippen LogP contribution in [0.2, 0.25) is 0 Å². The van der Waals surface area contributed by atoms with Crippen molar-refractivity contribution in [1.29, 1.82) is 0 Å². The molecule has 0 bridgehead atoms. The fraction of sp³-hybridized carbons (Fsp3) is 0.240. The fourth-order valence-corrected chi connectivity index (χ4v) is 4.18. The van der Waals surface area contributed by atoms with Crippen LogP contribution in [-0.4, -0.2) is 45.7 Å². The first-order chi connectivity index (χ1) is 17.0. The first-order valence-electron chi connectivity index (χ1n) is 11.2. The molecule has 35 heavy (non-hydrogen) atoms. The molecule has 5 rings (SSSR count). The van der Waals surface area contributed by atoms with Gasteiger partial charge < -0.3 is 10.1 Å². The topological polar surface area (TPSA) is 77.2 Å². The van der Waals surface area contributed by atoms with E-state index in [-0.39, 0.29) is 17.2 Å². The van der Waals surface area contributed by atoms with E-state index in [0.29, 0.717) is 61.3 Å². The summed E-state index contributed by atoms with van der Waals surface area (Å²) in [5, 5.41) is 5.14. The fourth-order valence-electron chi connectivity index (χ4n) is 4.18. The molecule has 10 heteroatoms. The molecule has 2 aromatic carbocycles. The van der Waals surface area contributed by atoms with Crippen molar-refractivity contribution in [3.63, 3.8) is 0 Å². The largest absolute Gasteiger partial charge is 0.378 e. The number of halogens is 2. The van der Waals surface area contributed by atoms with Crippen LogP contribution in [0.3, 0.4) is 0 Å². The summed E-state index contributed by atoms with van der Waals surface area (Å²) < 4.78 is 34.2. The van der Waals surface area contributed by atoms with Gasteiger partial charge in [0.1, 0.15) is 17.3 Å². The summed E-state index contributed by atoms with van der Waals surface area (Å²) in [7, 11) is 1.69. The number of morpholine rings is 1. The van der Waals surface area contributed by atoms with Crippen LogP contribution in [0.1, 0.15) is 5.56 Å². The lowest BCUT2D eigenvalue weighted by Crippen LogP contribution is -2.47. The number of rotatable bonds is 6. The standard InChI is InChI=1S/C25H24F2N6O2/c1-31-24(34)22(18-5-7-19(26)8-6-18)23(33(31)32-11-13-35-14-12-32)21-9-10-28-25(30-21)29-16-17-3-2-4-20(27)15-17/h2-10,15H,11-14,16H2,1H3,(H,28,29,30).